The summed E-state index contributed by atoms with van der Waals surface area (Å²) in [4.78, 5) is 22.4. The fraction of sp³-hybridized carbons (Fsp3) is 0.156. The zero-order valence-corrected chi connectivity index (χ0v) is 22.3. The first-order valence-corrected chi connectivity index (χ1v) is 13.7. The molecule has 3 aromatic heterocycles. The zero-order valence-electron chi connectivity index (χ0n) is 22.3. The van der Waals surface area contributed by atoms with E-state index in [4.69, 9.17) is 0 Å². The first-order valence-electron chi connectivity index (χ1n) is 13.7. The molecule has 6 aromatic rings. The molecule has 1 aliphatic rings. The number of aliphatic hydroxyl groups is 1. The van der Waals surface area contributed by atoms with Crippen molar-refractivity contribution in [3.8, 4) is 5.69 Å². The molecule has 1 amide bonds. The molecule has 4 N–H and O–H groups in total. The third-order valence-electron chi connectivity index (χ3n) is 7.59. The van der Waals surface area contributed by atoms with E-state index in [1.807, 2.05) is 53.3 Å². The highest BCUT2D eigenvalue weighted by atomic mass is 16.3. The van der Waals surface area contributed by atoms with Crippen molar-refractivity contribution in [2.24, 2.45) is 0 Å². The van der Waals surface area contributed by atoms with Gasteiger partial charge < -0.3 is 25.6 Å². The number of amides is 1. The summed E-state index contributed by atoms with van der Waals surface area (Å²) in [6, 6.07) is 25.9. The molecule has 0 atom stereocenters. The van der Waals surface area contributed by atoms with Crippen LogP contribution in [0.3, 0.4) is 0 Å². The topological polar surface area (TPSA) is 111 Å². The summed E-state index contributed by atoms with van der Waals surface area (Å²) in [6.07, 6.45) is 6.69. The number of H-pyrrole nitrogens is 1. The molecule has 0 bridgehead atoms. The van der Waals surface area contributed by atoms with Crippen LogP contribution in [0.1, 0.15) is 23.2 Å². The van der Waals surface area contributed by atoms with E-state index in [1.165, 1.54) is 5.69 Å². The highest BCUT2D eigenvalue weighted by Crippen LogP contribution is 2.27. The number of nitrogens with zero attached hydrogens (tertiary/aromatic N) is 4. The van der Waals surface area contributed by atoms with Gasteiger partial charge in [-0.2, -0.15) is 5.10 Å². The lowest BCUT2D eigenvalue weighted by Crippen LogP contribution is -2.35. The van der Waals surface area contributed by atoms with E-state index >= 15 is 0 Å². The first kappa shape index (κ1) is 24.9. The normalized spacial score (nSPS) is 14.0. The number of aromatic amines is 1. The molecule has 9 heteroatoms. The minimum Gasteiger partial charge on any atom is -0.393 e. The third kappa shape index (κ3) is 5.10. The van der Waals surface area contributed by atoms with Gasteiger partial charge >= 0.3 is 0 Å². The van der Waals surface area contributed by atoms with Gasteiger partial charge in [0.2, 0.25) is 0 Å². The van der Waals surface area contributed by atoms with Crippen molar-refractivity contribution in [2.45, 2.75) is 18.9 Å². The van der Waals surface area contributed by atoms with Gasteiger partial charge in [0.05, 0.1) is 29.1 Å². The second-order valence-corrected chi connectivity index (χ2v) is 10.4. The number of anilines is 4. The number of piperidine rings is 1. The predicted octanol–water partition coefficient (Wildman–Crippen LogP) is 5.86. The predicted molar refractivity (Wildman–Crippen MR) is 162 cm³/mol. The number of rotatable bonds is 6. The average Bonchev–Trinajstić information content (AvgIpc) is 3.65. The molecule has 204 valence electrons. The number of carbonyl (C=O) groups is 1. The molecule has 1 fully saturated rings. The average molecular weight is 544 g/mol. The summed E-state index contributed by atoms with van der Waals surface area (Å²) in [5.74, 6) is -0.209. The van der Waals surface area contributed by atoms with E-state index in [0.29, 0.717) is 11.3 Å². The van der Waals surface area contributed by atoms with Crippen LogP contribution in [0.2, 0.25) is 0 Å². The molecule has 1 saturated heterocycles. The maximum atomic E-state index is 12.7. The molecule has 0 radical (unpaired) electrons. The van der Waals surface area contributed by atoms with Crippen LogP contribution < -0.4 is 15.5 Å². The summed E-state index contributed by atoms with van der Waals surface area (Å²) in [6.45, 7) is 1.77. The van der Waals surface area contributed by atoms with Gasteiger partial charge in [-0.25, -0.2) is 9.67 Å². The van der Waals surface area contributed by atoms with Crippen molar-refractivity contribution >= 4 is 50.6 Å². The van der Waals surface area contributed by atoms with Crippen molar-refractivity contribution in [1.29, 1.82) is 0 Å². The molecule has 3 aromatic carbocycles. The number of fused-ring (bicyclic) bond motifs is 2. The number of carbonyl (C=O) groups excluding carboxylic acids is 1. The molecule has 41 heavy (non-hydrogen) atoms. The molecular weight excluding hydrogens is 514 g/mol. The summed E-state index contributed by atoms with van der Waals surface area (Å²) < 4.78 is 1.89. The van der Waals surface area contributed by atoms with Crippen molar-refractivity contribution in [3.05, 3.63) is 103 Å². The molecule has 0 aliphatic carbocycles. The summed E-state index contributed by atoms with van der Waals surface area (Å²) >= 11 is 0. The smallest absolute Gasteiger partial charge is 0.257 e. The minimum atomic E-state index is -0.209. The number of nitrogens with one attached hydrogen (secondary N) is 3. The Hall–Kier alpha value is -5.15. The lowest BCUT2D eigenvalue weighted by molar-refractivity contribution is 0.102. The number of aromatic nitrogens is 4. The largest absolute Gasteiger partial charge is 0.393 e. The number of hydrogen-bond acceptors (Lipinski definition) is 6. The third-order valence-corrected chi connectivity index (χ3v) is 7.59. The van der Waals surface area contributed by atoms with Crippen LogP contribution in [0.15, 0.2) is 97.5 Å². The van der Waals surface area contributed by atoms with Gasteiger partial charge in [-0.15, -0.1) is 0 Å². The highest BCUT2D eigenvalue weighted by Gasteiger charge is 2.17. The van der Waals surface area contributed by atoms with Crippen LogP contribution in [0.25, 0.3) is 27.6 Å². The van der Waals surface area contributed by atoms with Crippen LogP contribution in [0.4, 0.5) is 22.7 Å². The molecule has 0 saturated carbocycles. The van der Waals surface area contributed by atoms with Crippen molar-refractivity contribution in [1.82, 2.24) is 19.7 Å². The first-order chi connectivity index (χ1) is 20.1. The number of aliphatic hydroxyl groups excluding tert-OH is 1. The zero-order chi connectivity index (χ0) is 27.8. The Labute approximate surface area is 236 Å². The standard InChI is InChI=1S/C32H29N7O2/c40-29-12-15-38(16-13-29)27-6-1-24(2-7-27)36-26-5-10-30-22(18-26)20-35-39(30)28-8-3-25(4-9-28)37-32(41)23-17-21-11-14-33-31(21)34-19-23/h1-11,14,17-20,29,36,40H,12-13,15-16H2,(H,33,34)(H,37,41). The maximum absolute atomic E-state index is 12.7. The minimum absolute atomic E-state index is 0.173. The van der Waals surface area contributed by atoms with Gasteiger partial charge in [0, 0.05) is 59.0 Å². The van der Waals surface area contributed by atoms with E-state index in [1.54, 1.807) is 12.4 Å². The van der Waals surface area contributed by atoms with Crippen LogP contribution in [-0.4, -0.2) is 50.0 Å². The quantitative estimate of drug-likeness (QED) is 0.209. The highest BCUT2D eigenvalue weighted by molar-refractivity contribution is 6.05. The van der Waals surface area contributed by atoms with E-state index in [0.717, 1.165) is 64.9 Å². The molecule has 1 aliphatic heterocycles. The summed E-state index contributed by atoms with van der Waals surface area (Å²) in [5, 5.41) is 22.7. The van der Waals surface area contributed by atoms with Crippen LogP contribution in [0, 0.1) is 0 Å². The Morgan fingerprint density at radius 2 is 1.56 bits per heavy atom. The molecule has 7 rings (SSSR count). The second-order valence-electron chi connectivity index (χ2n) is 10.4. The Bertz CT molecular complexity index is 1830. The number of benzene rings is 3. The number of hydrogen-bond donors (Lipinski definition) is 4. The van der Waals surface area contributed by atoms with Crippen LogP contribution in [0.5, 0.6) is 0 Å². The SMILES string of the molecule is O=C(Nc1ccc(-n2ncc3cc(Nc4ccc(N5CCC(O)CC5)cc4)ccc32)cc1)c1cnc2[nH]ccc2c1. The lowest BCUT2D eigenvalue weighted by atomic mass is 10.1. The second kappa shape index (κ2) is 10.4. The molecule has 9 nitrogen and oxygen atoms in total. The fourth-order valence-corrected chi connectivity index (χ4v) is 5.32. The van der Waals surface area contributed by atoms with Crippen LogP contribution >= 0.6 is 0 Å². The van der Waals surface area contributed by atoms with Crippen molar-refractivity contribution in [3.63, 3.8) is 0 Å². The van der Waals surface area contributed by atoms with Crippen molar-refractivity contribution in [2.75, 3.05) is 28.6 Å². The Morgan fingerprint density at radius 3 is 2.37 bits per heavy atom. The lowest BCUT2D eigenvalue weighted by Gasteiger charge is -2.31. The molecular formula is C32H29N7O2. The van der Waals surface area contributed by atoms with Crippen molar-refractivity contribution < 1.29 is 9.90 Å². The molecule has 4 heterocycles. The fourth-order valence-electron chi connectivity index (χ4n) is 5.32. The number of pyridine rings is 1. The van der Waals surface area contributed by atoms with Gasteiger partial charge in [-0.05, 0) is 91.7 Å². The molecule has 0 unspecified atom stereocenters. The maximum Gasteiger partial charge on any atom is 0.257 e. The van der Waals surface area contributed by atoms with Crippen LogP contribution in [-0.2, 0) is 0 Å². The van der Waals surface area contributed by atoms with Gasteiger partial charge in [-0.1, -0.05) is 0 Å². The van der Waals surface area contributed by atoms with Gasteiger partial charge in [0.15, 0.2) is 0 Å². The Balaban J connectivity index is 1.02. The van der Waals surface area contributed by atoms with E-state index in [9.17, 15) is 9.90 Å². The van der Waals surface area contributed by atoms with E-state index in [-0.39, 0.29) is 12.0 Å². The molecule has 0 spiro atoms. The van der Waals surface area contributed by atoms with Gasteiger partial charge in [0.25, 0.3) is 5.91 Å². The van der Waals surface area contributed by atoms with Gasteiger partial charge in [-0.3, -0.25) is 4.79 Å². The van der Waals surface area contributed by atoms with E-state index < -0.39 is 0 Å². The van der Waals surface area contributed by atoms with E-state index in [2.05, 4.69) is 67.0 Å². The Kier molecular flexibility index (Phi) is 6.33. The monoisotopic (exact) mass is 543 g/mol. The Morgan fingerprint density at radius 1 is 0.829 bits per heavy atom. The van der Waals surface area contributed by atoms with Gasteiger partial charge in [0.1, 0.15) is 5.65 Å². The summed E-state index contributed by atoms with van der Waals surface area (Å²) in [7, 11) is 0. The summed E-state index contributed by atoms with van der Waals surface area (Å²) in [5.41, 5.74) is 7.01.